The van der Waals surface area contributed by atoms with E-state index in [2.05, 4.69) is 10.6 Å². The van der Waals surface area contributed by atoms with E-state index in [-0.39, 0.29) is 30.8 Å². The quantitative estimate of drug-likeness (QED) is 0.818. The molecule has 2 N–H and O–H groups in total. The van der Waals surface area contributed by atoms with Crippen LogP contribution in [0.2, 0.25) is 0 Å². The number of carbonyl (C=O) groups excluding carboxylic acids is 1. The zero-order valence-electron chi connectivity index (χ0n) is 12.4. The Morgan fingerprint density at radius 3 is 2.50 bits per heavy atom. The van der Waals surface area contributed by atoms with Gasteiger partial charge < -0.3 is 10.6 Å². The standard InChI is InChI=1S/C14H25F3N2O/c1-4-9(2)18-13(20)10(3)19-12-7-5-6-11(8-12)14(15,16)17/h9-12,19H,4-8H2,1-3H3,(H,18,20)/t9-,10-,11-,12-/m0/s1. The second-order valence-electron chi connectivity index (χ2n) is 5.81. The lowest BCUT2D eigenvalue weighted by atomic mass is 9.85. The highest BCUT2D eigenvalue weighted by molar-refractivity contribution is 5.81. The van der Waals surface area contributed by atoms with Crippen LogP contribution in [0.3, 0.4) is 0 Å². The van der Waals surface area contributed by atoms with Crippen LogP contribution in [0, 0.1) is 5.92 Å². The Bertz CT molecular complexity index is 320. The largest absolute Gasteiger partial charge is 0.391 e. The molecule has 6 heteroatoms. The van der Waals surface area contributed by atoms with Gasteiger partial charge in [-0.15, -0.1) is 0 Å². The SMILES string of the molecule is CC[C@H](C)NC(=O)[C@H](C)N[C@H]1CCC[C@H](C(F)(F)F)C1. The first-order valence-corrected chi connectivity index (χ1v) is 7.37. The van der Waals surface area contributed by atoms with Crippen molar-refractivity contribution in [3.63, 3.8) is 0 Å². The Morgan fingerprint density at radius 2 is 1.95 bits per heavy atom. The fourth-order valence-corrected chi connectivity index (χ4v) is 2.54. The molecule has 1 fully saturated rings. The van der Waals surface area contributed by atoms with Crippen LogP contribution < -0.4 is 10.6 Å². The van der Waals surface area contributed by atoms with Gasteiger partial charge in [-0.25, -0.2) is 0 Å². The predicted octanol–water partition coefficient (Wildman–Crippen LogP) is 3.00. The minimum absolute atomic E-state index is 0.0739. The van der Waals surface area contributed by atoms with Gasteiger partial charge in [0.1, 0.15) is 0 Å². The van der Waals surface area contributed by atoms with Crippen LogP contribution in [-0.4, -0.2) is 30.2 Å². The van der Waals surface area contributed by atoms with Gasteiger partial charge in [0.25, 0.3) is 0 Å². The van der Waals surface area contributed by atoms with Gasteiger partial charge in [0.15, 0.2) is 0 Å². The van der Waals surface area contributed by atoms with E-state index < -0.39 is 18.1 Å². The molecule has 0 aliphatic heterocycles. The van der Waals surface area contributed by atoms with Gasteiger partial charge in [-0.1, -0.05) is 13.3 Å². The zero-order chi connectivity index (χ0) is 15.3. The number of hydrogen-bond acceptors (Lipinski definition) is 2. The molecule has 0 aromatic carbocycles. The summed E-state index contributed by atoms with van der Waals surface area (Å²) in [6, 6.07) is -0.602. The highest BCUT2D eigenvalue weighted by atomic mass is 19.4. The summed E-state index contributed by atoms with van der Waals surface area (Å²) in [5, 5.41) is 5.87. The minimum Gasteiger partial charge on any atom is -0.352 e. The highest BCUT2D eigenvalue weighted by Crippen LogP contribution is 2.37. The number of hydrogen-bond donors (Lipinski definition) is 2. The summed E-state index contributed by atoms with van der Waals surface area (Å²) in [5.74, 6) is -1.38. The number of rotatable bonds is 5. The summed E-state index contributed by atoms with van der Waals surface area (Å²) in [6.45, 7) is 5.58. The van der Waals surface area contributed by atoms with Crippen molar-refractivity contribution in [1.82, 2.24) is 10.6 Å². The molecule has 0 unspecified atom stereocenters. The molecule has 1 saturated carbocycles. The summed E-state index contributed by atoms with van der Waals surface area (Å²) in [6.07, 6.45) is -1.75. The van der Waals surface area contributed by atoms with Crippen molar-refractivity contribution in [1.29, 1.82) is 0 Å². The maximum atomic E-state index is 12.7. The number of nitrogens with one attached hydrogen (secondary N) is 2. The van der Waals surface area contributed by atoms with Gasteiger partial charge in [0, 0.05) is 12.1 Å². The Hall–Kier alpha value is -0.780. The number of amides is 1. The molecule has 1 aliphatic rings. The molecule has 0 radical (unpaired) electrons. The van der Waals surface area contributed by atoms with Crippen molar-refractivity contribution in [2.75, 3.05) is 0 Å². The van der Waals surface area contributed by atoms with Crippen molar-refractivity contribution >= 4 is 5.91 Å². The van der Waals surface area contributed by atoms with E-state index in [0.717, 1.165) is 6.42 Å². The Labute approximate surface area is 118 Å². The topological polar surface area (TPSA) is 41.1 Å². The molecule has 0 aromatic heterocycles. The first kappa shape index (κ1) is 17.3. The van der Waals surface area contributed by atoms with Crippen molar-refractivity contribution < 1.29 is 18.0 Å². The average molecular weight is 294 g/mol. The second kappa shape index (κ2) is 7.29. The third-order valence-corrected chi connectivity index (χ3v) is 4.02. The molecule has 0 heterocycles. The Morgan fingerprint density at radius 1 is 1.30 bits per heavy atom. The van der Waals surface area contributed by atoms with Crippen LogP contribution in [0.4, 0.5) is 13.2 Å². The normalized spacial score (nSPS) is 26.9. The molecule has 118 valence electrons. The molecule has 0 aromatic rings. The summed E-state index contributed by atoms with van der Waals surface area (Å²) in [7, 11) is 0. The summed E-state index contributed by atoms with van der Waals surface area (Å²) >= 11 is 0. The third-order valence-electron chi connectivity index (χ3n) is 4.02. The molecule has 4 atom stereocenters. The van der Waals surface area contributed by atoms with Crippen LogP contribution >= 0.6 is 0 Å². The predicted molar refractivity (Wildman–Crippen MR) is 72.3 cm³/mol. The Kier molecular flexibility index (Phi) is 6.30. The molecule has 3 nitrogen and oxygen atoms in total. The fraction of sp³-hybridized carbons (Fsp3) is 0.929. The molecular formula is C14H25F3N2O. The zero-order valence-corrected chi connectivity index (χ0v) is 12.4. The molecule has 1 aliphatic carbocycles. The van der Waals surface area contributed by atoms with Crippen LogP contribution in [0.15, 0.2) is 0 Å². The van der Waals surface area contributed by atoms with E-state index in [1.54, 1.807) is 6.92 Å². The van der Waals surface area contributed by atoms with Crippen LogP contribution in [0.5, 0.6) is 0 Å². The second-order valence-corrected chi connectivity index (χ2v) is 5.81. The minimum atomic E-state index is -4.12. The van der Waals surface area contributed by atoms with Gasteiger partial charge in [-0.3, -0.25) is 4.79 Å². The average Bonchev–Trinajstić information content (AvgIpc) is 2.37. The van der Waals surface area contributed by atoms with Crippen LogP contribution in [-0.2, 0) is 4.79 Å². The Balaban J connectivity index is 2.45. The van der Waals surface area contributed by atoms with E-state index in [0.29, 0.717) is 12.8 Å². The van der Waals surface area contributed by atoms with Gasteiger partial charge >= 0.3 is 6.18 Å². The highest BCUT2D eigenvalue weighted by Gasteiger charge is 2.42. The number of alkyl halides is 3. The maximum Gasteiger partial charge on any atom is 0.391 e. The molecule has 1 amide bonds. The molecule has 20 heavy (non-hydrogen) atoms. The van der Waals surface area contributed by atoms with E-state index in [1.165, 1.54) is 0 Å². The monoisotopic (exact) mass is 294 g/mol. The molecule has 0 saturated heterocycles. The van der Waals surface area contributed by atoms with E-state index in [4.69, 9.17) is 0 Å². The lowest BCUT2D eigenvalue weighted by Gasteiger charge is -2.32. The first-order valence-electron chi connectivity index (χ1n) is 7.37. The fourth-order valence-electron chi connectivity index (χ4n) is 2.54. The lowest BCUT2D eigenvalue weighted by Crippen LogP contribution is -2.50. The van der Waals surface area contributed by atoms with Crippen molar-refractivity contribution in [2.45, 2.75) is 77.2 Å². The molecular weight excluding hydrogens is 269 g/mol. The van der Waals surface area contributed by atoms with Gasteiger partial charge in [-0.2, -0.15) is 13.2 Å². The van der Waals surface area contributed by atoms with Crippen molar-refractivity contribution in [3.8, 4) is 0 Å². The van der Waals surface area contributed by atoms with Gasteiger partial charge in [-0.05, 0) is 39.5 Å². The first-order chi connectivity index (χ1) is 9.24. The lowest BCUT2D eigenvalue weighted by molar-refractivity contribution is -0.183. The number of carbonyl (C=O) groups is 1. The van der Waals surface area contributed by atoms with E-state index >= 15 is 0 Å². The van der Waals surface area contributed by atoms with Crippen molar-refractivity contribution in [2.24, 2.45) is 5.92 Å². The third kappa shape index (κ3) is 5.31. The molecule has 0 spiro atoms. The summed E-state index contributed by atoms with van der Waals surface area (Å²) < 4.78 is 38.2. The van der Waals surface area contributed by atoms with Crippen LogP contribution in [0.1, 0.15) is 52.9 Å². The van der Waals surface area contributed by atoms with Crippen molar-refractivity contribution in [3.05, 3.63) is 0 Å². The summed E-state index contributed by atoms with van der Waals surface area (Å²) in [5.41, 5.74) is 0. The van der Waals surface area contributed by atoms with Gasteiger partial charge in [0.2, 0.25) is 5.91 Å². The van der Waals surface area contributed by atoms with Gasteiger partial charge in [0.05, 0.1) is 12.0 Å². The maximum absolute atomic E-state index is 12.7. The van der Waals surface area contributed by atoms with E-state index in [1.807, 2.05) is 13.8 Å². The smallest absolute Gasteiger partial charge is 0.352 e. The summed E-state index contributed by atoms with van der Waals surface area (Å²) in [4.78, 5) is 11.9. The number of halogens is 3. The van der Waals surface area contributed by atoms with Crippen LogP contribution in [0.25, 0.3) is 0 Å². The van der Waals surface area contributed by atoms with E-state index in [9.17, 15) is 18.0 Å². The molecule has 1 rings (SSSR count). The molecule has 0 bridgehead atoms.